The van der Waals surface area contributed by atoms with Gasteiger partial charge in [-0.05, 0) is 12.8 Å². The minimum Gasteiger partial charge on any atom is -0.376 e. The van der Waals surface area contributed by atoms with Crippen LogP contribution in [0.3, 0.4) is 0 Å². The number of hydrogen-bond acceptors (Lipinski definition) is 4. The summed E-state index contributed by atoms with van der Waals surface area (Å²) < 4.78 is 16.9. The Morgan fingerprint density at radius 2 is 0.839 bits per heavy atom. The van der Waals surface area contributed by atoms with E-state index >= 15 is 0 Å². The first kappa shape index (κ1) is 33.5. The third-order valence-electron chi connectivity index (χ3n) is 6.77. The number of rotatable bonds is 23. The molecule has 0 aliphatic carbocycles. The van der Waals surface area contributed by atoms with Gasteiger partial charge in [0.05, 0.1) is 5.16 Å². The lowest BCUT2D eigenvalue weighted by Crippen LogP contribution is -2.68. The van der Waals surface area contributed by atoms with Crippen LogP contribution in [0.15, 0.2) is 0 Å². The molecule has 0 heterocycles. The lowest BCUT2D eigenvalue weighted by Gasteiger charge is -2.40. The molecular weight excluding hydrogens is 426 g/mol. The molecule has 0 aromatic carbocycles. The topological polar surface area (TPSA) is 53.7 Å². The minimum atomic E-state index is -2.80. The Bertz CT molecular complexity index is 364. The van der Waals surface area contributed by atoms with Gasteiger partial charge in [-0.15, -0.1) is 12.4 Å². The number of nitrogens with two attached hydrogens (primary N) is 1. The van der Waals surface area contributed by atoms with Crippen LogP contribution in [-0.2, 0) is 13.3 Å². The van der Waals surface area contributed by atoms with E-state index in [2.05, 4.69) is 13.8 Å². The number of hydrogen-bond donors (Lipinski definition) is 1. The molecule has 0 aliphatic rings. The van der Waals surface area contributed by atoms with E-state index in [1.165, 1.54) is 103 Å². The Morgan fingerprint density at radius 3 is 1.10 bits per heavy atom. The van der Waals surface area contributed by atoms with Crippen molar-refractivity contribution in [2.75, 3.05) is 21.3 Å². The highest BCUT2D eigenvalue weighted by atomic mass is 35.5. The monoisotopic (exact) mass is 481 g/mol. The first-order valence-electron chi connectivity index (χ1n) is 13.0. The standard InChI is InChI=1S/C25H55NO3Si.ClH/c1-6-8-9-10-11-12-13-14-15-16-17-18-19-20-21-22-23-24-25(26,7-2)30(27-3,28-4)29-5;/h6-24,26H2,1-5H3;1H. The normalized spacial score (nSPS) is 13.7. The Labute approximate surface area is 202 Å². The van der Waals surface area contributed by atoms with Crippen LogP contribution in [0.2, 0.25) is 0 Å². The van der Waals surface area contributed by atoms with Gasteiger partial charge in [0.1, 0.15) is 0 Å². The van der Waals surface area contributed by atoms with E-state index in [-0.39, 0.29) is 12.4 Å². The fraction of sp³-hybridized carbons (Fsp3) is 1.00. The molecule has 190 valence electrons. The lowest BCUT2D eigenvalue weighted by atomic mass is 10.0. The summed E-state index contributed by atoms with van der Waals surface area (Å²) in [7, 11) is 2.17. The zero-order chi connectivity index (χ0) is 22.6. The fourth-order valence-electron chi connectivity index (χ4n) is 4.57. The number of unbranched alkanes of at least 4 members (excludes halogenated alkanes) is 16. The maximum atomic E-state index is 6.66. The van der Waals surface area contributed by atoms with Crippen LogP contribution in [-0.4, -0.2) is 35.3 Å². The first-order valence-corrected chi connectivity index (χ1v) is 14.7. The Kier molecular flexibility index (Phi) is 24.0. The highest BCUT2D eigenvalue weighted by molar-refractivity contribution is 6.64. The lowest BCUT2D eigenvalue weighted by molar-refractivity contribution is 0.0867. The molecule has 0 saturated heterocycles. The first-order chi connectivity index (χ1) is 14.6. The molecule has 0 rings (SSSR count). The van der Waals surface area contributed by atoms with Crippen molar-refractivity contribution in [2.45, 2.75) is 141 Å². The van der Waals surface area contributed by atoms with Crippen molar-refractivity contribution < 1.29 is 13.3 Å². The van der Waals surface area contributed by atoms with Gasteiger partial charge >= 0.3 is 8.80 Å². The van der Waals surface area contributed by atoms with E-state index in [4.69, 9.17) is 19.0 Å². The van der Waals surface area contributed by atoms with Gasteiger partial charge in [0.15, 0.2) is 0 Å². The molecule has 0 bridgehead atoms. The van der Waals surface area contributed by atoms with Crippen LogP contribution >= 0.6 is 12.4 Å². The SMILES string of the molecule is CCCCCCCCCCCCCCCCCCCC(N)(CC)[Si](OC)(OC)OC.Cl. The maximum Gasteiger partial charge on any atom is 0.521 e. The highest BCUT2D eigenvalue weighted by Crippen LogP contribution is 2.29. The summed E-state index contributed by atoms with van der Waals surface area (Å²) in [6, 6.07) is 0. The van der Waals surface area contributed by atoms with Crippen LogP contribution in [0.4, 0.5) is 0 Å². The molecule has 0 radical (unpaired) electrons. The van der Waals surface area contributed by atoms with Gasteiger partial charge in [-0.1, -0.05) is 123 Å². The Hall–Kier alpha value is 0.347. The van der Waals surface area contributed by atoms with Crippen LogP contribution in [0.25, 0.3) is 0 Å². The summed E-state index contributed by atoms with van der Waals surface area (Å²) in [6.45, 7) is 4.39. The van der Waals surface area contributed by atoms with E-state index in [1.807, 2.05) is 0 Å². The van der Waals surface area contributed by atoms with Gasteiger partial charge in [-0.2, -0.15) is 0 Å². The van der Waals surface area contributed by atoms with Crippen LogP contribution in [0, 0.1) is 0 Å². The molecular formula is C25H56ClNO3Si. The van der Waals surface area contributed by atoms with Crippen LogP contribution in [0.1, 0.15) is 136 Å². The summed E-state index contributed by atoms with van der Waals surface area (Å²) in [5.74, 6) is 0. The predicted molar refractivity (Wildman–Crippen MR) is 140 cm³/mol. The van der Waals surface area contributed by atoms with E-state index in [0.29, 0.717) is 0 Å². The van der Waals surface area contributed by atoms with Gasteiger partial charge in [-0.25, -0.2) is 0 Å². The van der Waals surface area contributed by atoms with Gasteiger partial charge < -0.3 is 19.0 Å². The van der Waals surface area contributed by atoms with Gasteiger partial charge in [-0.3, -0.25) is 0 Å². The number of halogens is 1. The molecule has 2 N–H and O–H groups in total. The second kappa shape index (κ2) is 22.2. The summed E-state index contributed by atoms with van der Waals surface area (Å²) in [4.78, 5) is 0. The van der Waals surface area contributed by atoms with Crippen molar-refractivity contribution in [3.05, 3.63) is 0 Å². The van der Waals surface area contributed by atoms with Crippen LogP contribution in [0.5, 0.6) is 0 Å². The Balaban J connectivity index is 0. The molecule has 0 fully saturated rings. The molecule has 1 atom stereocenters. The second-order valence-electron chi connectivity index (χ2n) is 9.09. The third-order valence-corrected chi connectivity index (χ3v) is 10.2. The van der Waals surface area contributed by atoms with Crippen molar-refractivity contribution in [1.29, 1.82) is 0 Å². The molecule has 0 aliphatic heterocycles. The van der Waals surface area contributed by atoms with Crippen molar-refractivity contribution in [3.8, 4) is 0 Å². The molecule has 6 heteroatoms. The van der Waals surface area contributed by atoms with E-state index < -0.39 is 14.0 Å². The predicted octanol–water partition coefficient (Wildman–Crippen LogP) is 7.97. The zero-order valence-electron chi connectivity index (χ0n) is 21.6. The van der Waals surface area contributed by atoms with Gasteiger partial charge in [0.25, 0.3) is 0 Å². The molecule has 0 aromatic heterocycles. The zero-order valence-corrected chi connectivity index (χ0v) is 23.5. The van der Waals surface area contributed by atoms with Crippen molar-refractivity contribution in [1.82, 2.24) is 0 Å². The molecule has 1 unspecified atom stereocenters. The molecule has 31 heavy (non-hydrogen) atoms. The minimum absolute atomic E-state index is 0. The summed E-state index contributed by atoms with van der Waals surface area (Å²) in [5, 5.41) is -0.485. The molecule has 0 aromatic rings. The molecule has 0 spiro atoms. The van der Waals surface area contributed by atoms with Crippen molar-refractivity contribution >= 4 is 21.2 Å². The highest BCUT2D eigenvalue weighted by Gasteiger charge is 2.56. The molecule has 4 nitrogen and oxygen atoms in total. The van der Waals surface area contributed by atoms with Crippen molar-refractivity contribution in [3.63, 3.8) is 0 Å². The van der Waals surface area contributed by atoms with E-state index in [9.17, 15) is 0 Å². The van der Waals surface area contributed by atoms with E-state index in [1.54, 1.807) is 21.3 Å². The molecule has 0 amide bonds. The summed E-state index contributed by atoms with van der Waals surface area (Å²) in [5.41, 5.74) is 6.66. The third kappa shape index (κ3) is 14.3. The van der Waals surface area contributed by atoms with Gasteiger partial charge in [0.2, 0.25) is 0 Å². The summed E-state index contributed by atoms with van der Waals surface area (Å²) in [6.07, 6.45) is 25.3. The maximum absolute atomic E-state index is 6.66. The van der Waals surface area contributed by atoms with Gasteiger partial charge in [0, 0.05) is 21.3 Å². The quantitative estimate of drug-likeness (QED) is 0.119. The Morgan fingerprint density at radius 1 is 0.548 bits per heavy atom. The molecule has 0 saturated carbocycles. The summed E-state index contributed by atoms with van der Waals surface area (Å²) >= 11 is 0. The van der Waals surface area contributed by atoms with Crippen LogP contribution < -0.4 is 5.73 Å². The van der Waals surface area contributed by atoms with E-state index in [0.717, 1.165) is 19.3 Å². The average molecular weight is 482 g/mol. The second-order valence-corrected chi connectivity index (χ2v) is 12.4. The largest absolute Gasteiger partial charge is 0.521 e. The smallest absolute Gasteiger partial charge is 0.376 e. The average Bonchev–Trinajstić information content (AvgIpc) is 2.77. The van der Waals surface area contributed by atoms with Crippen molar-refractivity contribution in [2.24, 2.45) is 5.73 Å². The fourth-order valence-corrected chi connectivity index (χ4v) is 7.21.